The summed E-state index contributed by atoms with van der Waals surface area (Å²) < 4.78 is 5.56. The fourth-order valence-corrected chi connectivity index (χ4v) is 4.11. The van der Waals surface area contributed by atoms with Crippen LogP contribution < -0.4 is 10.2 Å². The Balaban J connectivity index is 1.27. The number of benzene rings is 1. The summed E-state index contributed by atoms with van der Waals surface area (Å²) in [6.45, 7) is 11.8. The van der Waals surface area contributed by atoms with Crippen LogP contribution in [0.3, 0.4) is 0 Å². The van der Waals surface area contributed by atoms with Gasteiger partial charge in [0, 0.05) is 50.2 Å². The van der Waals surface area contributed by atoms with Crippen molar-refractivity contribution >= 4 is 5.69 Å². The number of anilines is 1. The largest absolute Gasteiger partial charge is 0.369 e. The Morgan fingerprint density at radius 2 is 1.93 bits per heavy atom. The van der Waals surface area contributed by atoms with E-state index in [-0.39, 0.29) is 5.41 Å². The van der Waals surface area contributed by atoms with Crippen molar-refractivity contribution < 1.29 is 4.52 Å². The van der Waals surface area contributed by atoms with E-state index in [9.17, 15) is 0 Å². The van der Waals surface area contributed by atoms with E-state index >= 15 is 0 Å². The topological polar surface area (TPSA) is 57.4 Å². The first kappa shape index (κ1) is 18.4. The van der Waals surface area contributed by atoms with Crippen LogP contribution in [0.5, 0.6) is 0 Å². The lowest BCUT2D eigenvalue weighted by Crippen LogP contribution is -2.47. The van der Waals surface area contributed by atoms with E-state index in [2.05, 4.69) is 58.4 Å². The Morgan fingerprint density at radius 3 is 2.67 bits per heavy atom. The quantitative estimate of drug-likeness (QED) is 0.873. The van der Waals surface area contributed by atoms with E-state index < -0.39 is 0 Å². The minimum atomic E-state index is 0.0619. The summed E-state index contributed by atoms with van der Waals surface area (Å²) in [5, 5.41) is 7.70. The molecule has 1 aromatic heterocycles. The van der Waals surface area contributed by atoms with E-state index in [1.165, 1.54) is 11.3 Å². The van der Waals surface area contributed by atoms with Crippen molar-refractivity contribution in [3.8, 4) is 0 Å². The van der Waals surface area contributed by atoms with Crippen LogP contribution in [0.4, 0.5) is 5.69 Å². The molecular weight excluding hydrogens is 338 g/mol. The molecule has 0 amide bonds. The van der Waals surface area contributed by atoms with Gasteiger partial charge in [0.2, 0.25) is 5.89 Å². The van der Waals surface area contributed by atoms with Gasteiger partial charge in [-0.25, -0.2) is 0 Å². The van der Waals surface area contributed by atoms with E-state index in [4.69, 9.17) is 9.51 Å². The zero-order chi connectivity index (χ0) is 18.7. The Bertz CT molecular complexity index is 745. The number of aromatic nitrogens is 2. The monoisotopic (exact) mass is 369 g/mol. The highest BCUT2D eigenvalue weighted by atomic mass is 16.5. The maximum atomic E-state index is 5.56. The summed E-state index contributed by atoms with van der Waals surface area (Å²) in [6, 6.07) is 8.79. The summed E-state index contributed by atoms with van der Waals surface area (Å²) in [5.41, 5.74) is 2.72. The number of rotatable bonds is 5. The number of piperidine rings is 1. The standard InChI is InChI=1S/C21H31N5O/c1-17-4-3-5-18(16-17)26-14-12-25(13-15-26)11-6-19-23-20(24-27-19)21(2)7-9-22-10-8-21/h3-5,16,22H,6-15H2,1-2H3. The fraction of sp³-hybridized carbons (Fsp3) is 0.619. The fourth-order valence-electron chi connectivity index (χ4n) is 4.11. The van der Waals surface area contributed by atoms with Gasteiger partial charge in [-0.15, -0.1) is 0 Å². The molecule has 0 atom stereocenters. The van der Waals surface area contributed by atoms with Crippen LogP contribution in [-0.4, -0.2) is 60.9 Å². The average molecular weight is 370 g/mol. The lowest BCUT2D eigenvalue weighted by atomic mass is 9.80. The first-order valence-corrected chi connectivity index (χ1v) is 10.2. The summed E-state index contributed by atoms with van der Waals surface area (Å²) in [6.07, 6.45) is 2.99. The van der Waals surface area contributed by atoms with Gasteiger partial charge in [0.25, 0.3) is 0 Å². The van der Waals surface area contributed by atoms with Gasteiger partial charge in [0.1, 0.15) is 0 Å². The minimum Gasteiger partial charge on any atom is -0.369 e. The number of hydrogen-bond acceptors (Lipinski definition) is 6. The summed E-state index contributed by atoms with van der Waals surface area (Å²) >= 11 is 0. The maximum Gasteiger partial charge on any atom is 0.227 e. The van der Waals surface area contributed by atoms with E-state index in [1.54, 1.807) is 0 Å². The Labute approximate surface area is 161 Å². The van der Waals surface area contributed by atoms with Gasteiger partial charge in [-0.05, 0) is 50.6 Å². The molecule has 4 rings (SSSR count). The van der Waals surface area contributed by atoms with Gasteiger partial charge in [-0.2, -0.15) is 4.98 Å². The van der Waals surface area contributed by atoms with Crippen LogP contribution in [0, 0.1) is 6.92 Å². The predicted molar refractivity (Wildman–Crippen MR) is 107 cm³/mol. The Morgan fingerprint density at radius 1 is 1.15 bits per heavy atom. The van der Waals surface area contributed by atoms with Crippen LogP contribution in [0.1, 0.15) is 37.0 Å². The summed E-state index contributed by atoms with van der Waals surface area (Å²) in [4.78, 5) is 9.70. The van der Waals surface area contributed by atoms with E-state index in [0.29, 0.717) is 0 Å². The molecule has 2 aromatic rings. The van der Waals surface area contributed by atoms with Crippen molar-refractivity contribution in [1.29, 1.82) is 0 Å². The smallest absolute Gasteiger partial charge is 0.227 e. The lowest BCUT2D eigenvalue weighted by molar-refractivity contribution is 0.248. The Kier molecular flexibility index (Phi) is 5.45. The molecule has 146 valence electrons. The third-order valence-corrected chi connectivity index (χ3v) is 6.10. The molecule has 6 heteroatoms. The highest BCUT2D eigenvalue weighted by Crippen LogP contribution is 2.30. The lowest BCUT2D eigenvalue weighted by Gasteiger charge is -2.36. The molecule has 1 N–H and O–H groups in total. The summed E-state index contributed by atoms with van der Waals surface area (Å²) in [5.74, 6) is 1.68. The van der Waals surface area contributed by atoms with Crippen LogP contribution in [0.25, 0.3) is 0 Å². The molecule has 0 aliphatic carbocycles. The zero-order valence-electron chi connectivity index (χ0n) is 16.6. The molecule has 1 aromatic carbocycles. The van der Waals surface area contributed by atoms with Crippen molar-refractivity contribution in [1.82, 2.24) is 20.4 Å². The molecule has 0 saturated carbocycles. The van der Waals surface area contributed by atoms with Gasteiger partial charge >= 0.3 is 0 Å². The Hall–Kier alpha value is -1.92. The molecule has 2 aliphatic heterocycles. The molecular formula is C21H31N5O. The van der Waals surface area contributed by atoms with E-state index in [1.807, 2.05) is 0 Å². The maximum absolute atomic E-state index is 5.56. The average Bonchev–Trinajstić information content (AvgIpc) is 3.17. The molecule has 3 heterocycles. The number of hydrogen-bond donors (Lipinski definition) is 1. The minimum absolute atomic E-state index is 0.0619. The zero-order valence-corrected chi connectivity index (χ0v) is 16.6. The van der Waals surface area contributed by atoms with Crippen LogP contribution in [-0.2, 0) is 11.8 Å². The van der Waals surface area contributed by atoms with Crippen LogP contribution in [0.2, 0.25) is 0 Å². The first-order chi connectivity index (χ1) is 13.1. The molecule has 0 bridgehead atoms. The molecule has 27 heavy (non-hydrogen) atoms. The number of aryl methyl sites for hydroxylation is 1. The predicted octanol–water partition coefficient (Wildman–Crippen LogP) is 2.38. The van der Waals surface area contributed by atoms with E-state index in [0.717, 1.165) is 76.8 Å². The highest BCUT2D eigenvalue weighted by Gasteiger charge is 2.33. The number of piperazine rings is 1. The summed E-state index contributed by atoms with van der Waals surface area (Å²) in [7, 11) is 0. The molecule has 0 unspecified atom stereocenters. The second-order valence-electron chi connectivity index (χ2n) is 8.24. The normalized spacial score (nSPS) is 20.7. The molecule has 0 radical (unpaired) electrons. The van der Waals surface area contributed by atoms with Crippen molar-refractivity contribution in [3.63, 3.8) is 0 Å². The van der Waals surface area contributed by atoms with Crippen molar-refractivity contribution in [2.24, 2.45) is 0 Å². The second kappa shape index (κ2) is 7.98. The van der Waals surface area contributed by atoms with Gasteiger partial charge < -0.3 is 14.7 Å². The van der Waals surface area contributed by atoms with Gasteiger partial charge in [-0.3, -0.25) is 4.90 Å². The third kappa shape index (κ3) is 4.33. The first-order valence-electron chi connectivity index (χ1n) is 10.2. The molecule has 2 fully saturated rings. The van der Waals surface area contributed by atoms with Crippen molar-refractivity contribution in [2.75, 3.05) is 50.7 Å². The van der Waals surface area contributed by atoms with Crippen LogP contribution >= 0.6 is 0 Å². The highest BCUT2D eigenvalue weighted by molar-refractivity contribution is 5.48. The molecule has 0 spiro atoms. The van der Waals surface area contributed by atoms with Crippen molar-refractivity contribution in [2.45, 2.75) is 38.5 Å². The molecule has 2 aliphatic rings. The molecule has 6 nitrogen and oxygen atoms in total. The van der Waals surface area contributed by atoms with Gasteiger partial charge in [0.05, 0.1) is 0 Å². The van der Waals surface area contributed by atoms with Crippen molar-refractivity contribution in [3.05, 3.63) is 41.5 Å². The third-order valence-electron chi connectivity index (χ3n) is 6.10. The molecule has 2 saturated heterocycles. The number of nitrogens with zero attached hydrogens (tertiary/aromatic N) is 4. The number of nitrogens with one attached hydrogen (secondary N) is 1. The van der Waals surface area contributed by atoms with Gasteiger partial charge in [-0.1, -0.05) is 24.2 Å². The second-order valence-corrected chi connectivity index (χ2v) is 8.24. The van der Waals surface area contributed by atoms with Crippen LogP contribution in [0.15, 0.2) is 28.8 Å². The SMILES string of the molecule is Cc1cccc(N2CCN(CCc3nc(C4(C)CCNCC4)no3)CC2)c1. The van der Waals surface area contributed by atoms with Gasteiger partial charge in [0.15, 0.2) is 5.82 Å².